The van der Waals surface area contributed by atoms with Gasteiger partial charge in [-0.3, -0.25) is 0 Å². The molecule has 1 aromatic carbocycles. The Morgan fingerprint density at radius 1 is 1.00 bits per heavy atom. The SMILES string of the molecule is OC1OC(COSc2ccccc2)C(O)C(O)C1O. The largest absolute Gasteiger partial charge is 0.387 e. The van der Waals surface area contributed by atoms with Crippen LogP contribution in [0.1, 0.15) is 0 Å². The van der Waals surface area contributed by atoms with E-state index in [1.165, 1.54) is 0 Å². The zero-order valence-corrected chi connectivity index (χ0v) is 10.8. The van der Waals surface area contributed by atoms with Gasteiger partial charge in [0.2, 0.25) is 0 Å². The number of aliphatic hydroxyl groups excluding tert-OH is 4. The molecule has 1 saturated heterocycles. The Bertz CT molecular complexity index is 389. The second-order valence-corrected chi connectivity index (χ2v) is 5.09. The van der Waals surface area contributed by atoms with Crippen molar-refractivity contribution in [3.63, 3.8) is 0 Å². The highest BCUT2D eigenvalue weighted by atomic mass is 32.2. The zero-order valence-electron chi connectivity index (χ0n) is 9.99. The molecule has 1 aromatic rings. The molecule has 0 radical (unpaired) electrons. The second kappa shape index (κ2) is 6.67. The minimum atomic E-state index is -1.53. The van der Waals surface area contributed by atoms with Crippen LogP contribution in [0.4, 0.5) is 0 Å². The van der Waals surface area contributed by atoms with Crippen LogP contribution in [0.25, 0.3) is 0 Å². The third kappa shape index (κ3) is 3.67. The van der Waals surface area contributed by atoms with Gasteiger partial charge in [-0.2, -0.15) is 0 Å². The van der Waals surface area contributed by atoms with Gasteiger partial charge in [-0.25, -0.2) is 0 Å². The maximum atomic E-state index is 9.69. The standard InChI is InChI=1S/C12H16O6S/c13-9-8(18-12(16)11(15)10(9)14)6-17-19-7-4-2-1-3-5-7/h1-5,8-16H,6H2. The van der Waals surface area contributed by atoms with Gasteiger partial charge in [0.1, 0.15) is 24.4 Å². The van der Waals surface area contributed by atoms with E-state index >= 15 is 0 Å². The minimum absolute atomic E-state index is 0.0262. The molecule has 2 rings (SSSR count). The summed E-state index contributed by atoms with van der Waals surface area (Å²) in [5.41, 5.74) is 0. The molecule has 0 spiro atoms. The van der Waals surface area contributed by atoms with Crippen LogP contribution in [-0.4, -0.2) is 57.7 Å². The average molecular weight is 288 g/mol. The number of benzene rings is 1. The van der Waals surface area contributed by atoms with Crippen molar-refractivity contribution >= 4 is 12.0 Å². The quantitative estimate of drug-likeness (QED) is 0.555. The molecule has 0 aliphatic carbocycles. The smallest absolute Gasteiger partial charge is 0.184 e. The van der Waals surface area contributed by atoms with Crippen molar-refractivity contribution in [2.45, 2.75) is 35.6 Å². The second-order valence-electron chi connectivity index (χ2n) is 4.22. The van der Waals surface area contributed by atoms with Crippen LogP contribution in [0.15, 0.2) is 35.2 Å². The van der Waals surface area contributed by atoms with Gasteiger partial charge in [0.25, 0.3) is 0 Å². The minimum Gasteiger partial charge on any atom is -0.387 e. The summed E-state index contributed by atoms with van der Waals surface area (Å²) in [6, 6.07) is 9.32. The van der Waals surface area contributed by atoms with Gasteiger partial charge in [-0.1, -0.05) is 18.2 Å². The van der Waals surface area contributed by atoms with Gasteiger partial charge in [0, 0.05) is 16.9 Å². The Labute approximate surface area is 114 Å². The summed E-state index contributed by atoms with van der Waals surface area (Å²) in [4.78, 5) is 0.883. The number of rotatable bonds is 4. The van der Waals surface area contributed by atoms with E-state index in [0.717, 1.165) is 16.9 Å². The fourth-order valence-corrected chi connectivity index (χ4v) is 2.32. The van der Waals surface area contributed by atoms with E-state index in [9.17, 15) is 20.4 Å². The Hall–Kier alpha value is -0.670. The normalized spacial score (nSPS) is 35.3. The predicted octanol–water partition coefficient (Wildman–Crippen LogP) is -0.490. The van der Waals surface area contributed by atoms with Crippen molar-refractivity contribution in [2.24, 2.45) is 0 Å². The van der Waals surface area contributed by atoms with E-state index < -0.39 is 30.7 Å². The summed E-state index contributed by atoms with van der Waals surface area (Å²) >= 11 is 1.10. The summed E-state index contributed by atoms with van der Waals surface area (Å²) in [6.07, 6.45) is -6.72. The number of hydrogen-bond donors (Lipinski definition) is 4. The molecule has 6 nitrogen and oxygen atoms in total. The van der Waals surface area contributed by atoms with Crippen LogP contribution >= 0.6 is 12.0 Å². The third-order valence-corrected chi connectivity index (χ3v) is 3.54. The lowest BCUT2D eigenvalue weighted by Gasteiger charge is -2.37. The summed E-state index contributed by atoms with van der Waals surface area (Å²) in [6.45, 7) is -0.0262. The van der Waals surface area contributed by atoms with Crippen molar-refractivity contribution in [1.82, 2.24) is 0 Å². The molecule has 1 aliphatic rings. The molecule has 5 unspecified atom stereocenters. The molecule has 1 aliphatic heterocycles. The van der Waals surface area contributed by atoms with E-state index in [2.05, 4.69) is 0 Å². The molecule has 19 heavy (non-hydrogen) atoms. The fourth-order valence-electron chi connectivity index (χ4n) is 1.71. The molecule has 5 atom stereocenters. The molecule has 7 heteroatoms. The lowest BCUT2D eigenvalue weighted by molar-refractivity contribution is -0.284. The molecule has 0 amide bonds. The van der Waals surface area contributed by atoms with Crippen LogP contribution in [0, 0.1) is 0 Å². The Kier molecular flexibility index (Phi) is 5.17. The molecular weight excluding hydrogens is 272 g/mol. The molecule has 0 aromatic heterocycles. The van der Waals surface area contributed by atoms with Crippen molar-refractivity contribution < 1.29 is 29.3 Å². The summed E-state index contributed by atoms with van der Waals surface area (Å²) in [7, 11) is 0. The number of hydrogen-bond acceptors (Lipinski definition) is 7. The van der Waals surface area contributed by atoms with Crippen LogP contribution < -0.4 is 0 Å². The summed E-state index contributed by atoms with van der Waals surface area (Å²) in [5.74, 6) is 0. The summed E-state index contributed by atoms with van der Waals surface area (Å²) < 4.78 is 10.3. The van der Waals surface area contributed by atoms with Crippen molar-refractivity contribution in [3.8, 4) is 0 Å². The first-order valence-electron chi connectivity index (χ1n) is 5.82. The molecule has 4 N–H and O–H groups in total. The Morgan fingerprint density at radius 3 is 2.37 bits per heavy atom. The highest BCUT2D eigenvalue weighted by Gasteiger charge is 2.43. The Morgan fingerprint density at radius 2 is 1.68 bits per heavy atom. The van der Waals surface area contributed by atoms with Crippen LogP contribution in [0.3, 0.4) is 0 Å². The first-order valence-corrected chi connectivity index (χ1v) is 6.56. The first-order chi connectivity index (χ1) is 9.09. The maximum Gasteiger partial charge on any atom is 0.184 e. The van der Waals surface area contributed by atoms with Crippen molar-refractivity contribution in [1.29, 1.82) is 0 Å². The highest BCUT2D eigenvalue weighted by molar-refractivity contribution is 7.94. The van der Waals surface area contributed by atoms with Crippen molar-refractivity contribution in [3.05, 3.63) is 30.3 Å². The van der Waals surface area contributed by atoms with E-state index in [1.54, 1.807) is 0 Å². The molecule has 106 valence electrons. The predicted molar refractivity (Wildman–Crippen MR) is 67.2 cm³/mol. The maximum absolute atomic E-state index is 9.69. The number of aliphatic hydroxyl groups is 4. The van der Waals surface area contributed by atoms with Crippen LogP contribution in [0.2, 0.25) is 0 Å². The van der Waals surface area contributed by atoms with E-state index in [0.29, 0.717) is 0 Å². The van der Waals surface area contributed by atoms with E-state index in [-0.39, 0.29) is 6.61 Å². The fraction of sp³-hybridized carbons (Fsp3) is 0.500. The average Bonchev–Trinajstić information content (AvgIpc) is 2.43. The highest BCUT2D eigenvalue weighted by Crippen LogP contribution is 2.23. The van der Waals surface area contributed by atoms with Gasteiger partial charge in [-0.15, -0.1) is 0 Å². The van der Waals surface area contributed by atoms with Gasteiger partial charge in [0.05, 0.1) is 6.61 Å². The van der Waals surface area contributed by atoms with Crippen molar-refractivity contribution in [2.75, 3.05) is 6.61 Å². The lowest BCUT2D eigenvalue weighted by Crippen LogP contribution is -2.58. The van der Waals surface area contributed by atoms with E-state index in [1.807, 2.05) is 30.3 Å². The Balaban J connectivity index is 1.82. The van der Waals surface area contributed by atoms with Gasteiger partial charge >= 0.3 is 0 Å². The first kappa shape index (κ1) is 14.7. The molecule has 0 saturated carbocycles. The third-order valence-electron chi connectivity index (χ3n) is 2.82. The molecule has 0 bridgehead atoms. The number of ether oxygens (including phenoxy) is 1. The molecule has 1 heterocycles. The van der Waals surface area contributed by atoms with Gasteiger partial charge in [-0.05, 0) is 12.1 Å². The van der Waals surface area contributed by atoms with Gasteiger partial charge in [0.15, 0.2) is 6.29 Å². The summed E-state index contributed by atoms with van der Waals surface area (Å²) in [5, 5.41) is 37.8. The van der Waals surface area contributed by atoms with E-state index in [4.69, 9.17) is 8.92 Å². The topological polar surface area (TPSA) is 99.4 Å². The van der Waals surface area contributed by atoms with Gasteiger partial charge < -0.3 is 29.3 Å². The lowest BCUT2D eigenvalue weighted by atomic mass is 10.00. The van der Waals surface area contributed by atoms with Crippen LogP contribution in [-0.2, 0) is 8.92 Å². The molecule has 1 fully saturated rings. The zero-order chi connectivity index (χ0) is 13.8. The monoisotopic (exact) mass is 288 g/mol. The van der Waals surface area contributed by atoms with Crippen LogP contribution in [0.5, 0.6) is 0 Å². The molecular formula is C12H16O6S.